The predicted molar refractivity (Wildman–Crippen MR) is 204 cm³/mol. The highest BCUT2D eigenvalue weighted by atomic mass is 19.1. The Hall–Kier alpha value is -6.44. The fourth-order valence-corrected chi connectivity index (χ4v) is 4.67. The number of rotatable bonds is 22. The lowest BCUT2D eigenvalue weighted by Gasteiger charge is -2.07. The molecule has 286 valence electrons. The molecule has 0 unspecified atom stereocenters. The van der Waals surface area contributed by atoms with Crippen LogP contribution in [0.25, 0.3) is 0 Å². The van der Waals surface area contributed by atoms with Crippen molar-refractivity contribution in [1.82, 2.24) is 0 Å². The second kappa shape index (κ2) is 22.6. The Balaban J connectivity index is 1.21. The van der Waals surface area contributed by atoms with E-state index >= 15 is 0 Å². The lowest BCUT2D eigenvalue weighted by molar-refractivity contribution is -0.138. The van der Waals surface area contributed by atoms with Crippen LogP contribution in [-0.2, 0) is 19.1 Å². The summed E-state index contributed by atoms with van der Waals surface area (Å²) in [6.45, 7) is 10.0. The molecule has 12 nitrogen and oxygen atoms in total. The number of unbranched alkanes of at least 4 members (excludes halogenated alkanes) is 4. The second-order valence-electron chi connectivity index (χ2n) is 11.9. The molecule has 0 atom stereocenters. The summed E-state index contributed by atoms with van der Waals surface area (Å²) in [6.07, 6.45) is 6.81. The van der Waals surface area contributed by atoms with Gasteiger partial charge in [0.2, 0.25) is 0 Å². The number of azo groups is 3. The number of benzene rings is 4. The summed E-state index contributed by atoms with van der Waals surface area (Å²) >= 11 is 0. The Bertz CT molecular complexity index is 2000. The van der Waals surface area contributed by atoms with Crippen molar-refractivity contribution < 1.29 is 37.3 Å². The van der Waals surface area contributed by atoms with Crippen molar-refractivity contribution in [1.29, 1.82) is 0 Å². The maximum Gasteiger partial charge on any atom is 0.330 e. The number of nitrogens with zero attached hydrogens (tertiary/aromatic N) is 6. The number of ether oxygens (including phenoxy) is 4. The molecule has 0 spiro atoms. The van der Waals surface area contributed by atoms with E-state index in [0.29, 0.717) is 62.1 Å². The zero-order chi connectivity index (χ0) is 39.3. The van der Waals surface area contributed by atoms with Gasteiger partial charge in [-0.25, -0.2) is 18.4 Å². The Labute approximate surface area is 318 Å². The number of hydrogen-bond donors (Lipinski definition) is 0. The lowest BCUT2D eigenvalue weighted by atomic mass is 10.2. The highest BCUT2D eigenvalue weighted by Crippen LogP contribution is 2.31. The normalized spacial score (nSPS) is 11.3. The van der Waals surface area contributed by atoms with E-state index in [-0.39, 0.29) is 22.8 Å². The summed E-state index contributed by atoms with van der Waals surface area (Å²) in [5, 5.41) is 24.9. The molecule has 4 aromatic rings. The van der Waals surface area contributed by atoms with Gasteiger partial charge in [-0.1, -0.05) is 13.2 Å². The maximum absolute atomic E-state index is 14.8. The molecule has 14 heteroatoms. The number of halogens is 2. The molecule has 4 aromatic carbocycles. The number of aryl methyl sites for hydroxylation is 1. The first-order valence-corrected chi connectivity index (χ1v) is 17.6. The van der Waals surface area contributed by atoms with Crippen molar-refractivity contribution in [3.63, 3.8) is 0 Å². The first-order chi connectivity index (χ1) is 26.7. The largest absolute Gasteiger partial charge is 0.494 e. The Morgan fingerprint density at radius 2 is 1.02 bits per heavy atom. The van der Waals surface area contributed by atoms with Crippen molar-refractivity contribution in [3.05, 3.63) is 121 Å². The van der Waals surface area contributed by atoms with Gasteiger partial charge in [-0.2, -0.15) is 25.6 Å². The molecule has 0 aliphatic rings. The third-order valence-electron chi connectivity index (χ3n) is 7.62. The molecule has 0 aliphatic carbocycles. The minimum absolute atomic E-state index is 0.0484. The van der Waals surface area contributed by atoms with Crippen molar-refractivity contribution in [2.45, 2.75) is 45.4 Å². The quantitative estimate of drug-likeness (QED) is 0.0338. The van der Waals surface area contributed by atoms with Crippen molar-refractivity contribution in [2.24, 2.45) is 30.7 Å². The first-order valence-electron chi connectivity index (χ1n) is 17.6. The SMILES string of the molecule is C=CC(=O)OCCCCCCOc1ccc(N=Nc2ccc(N=Nc3ccc(N=Nc4ccc(OCCCCOC(=O)C=C)cc4)cc3C)cc2F)cc1F. The van der Waals surface area contributed by atoms with E-state index in [4.69, 9.17) is 18.9 Å². The van der Waals surface area contributed by atoms with Crippen LogP contribution in [0.4, 0.5) is 42.9 Å². The smallest absolute Gasteiger partial charge is 0.330 e. The summed E-state index contributed by atoms with van der Waals surface area (Å²) in [5.74, 6) is -1.38. The zero-order valence-electron chi connectivity index (χ0n) is 30.5. The molecule has 0 radical (unpaired) electrons. The molecule has 0 bridgehead atoms. The van der Waals surface area contributed by atoms with Crippen LogP contribution in [0.1, 0.15) is 44.1 Å². The molecule has 0 aliphatic heterocycles. The molecule has 0 N–H and O–H groups in total. The molecule has 0 aromatic heterocycles. The van der Waals surface area contributed by atoms with E-state index in [9.17, 15) is 18.4 Å². The van der Waals surface area contributed by atoms with E-state index in [2.05, 4.69) is 43.8 Å². The van der Waals surface area contributed by atoms with Crippen LogP contribution in [-0.4, -0.2) is 38.4 Å². The maximum atomic E-state index is 14.8. The number of carbonyl (C=O) groups excluding carboxylic acids is 2. The Morgan fingerprint density at radius 3 is 1.64 bits per heavy atom. The van der Waals surface area contributed by atoms with Crippen LogP contribution in [0.15, 0.2) is 135 Å². The van der Waals surface area contributed by atoms with Crippen LogP contribution in [0.2, 0.25) is 0 Å². The van der Waals surface area contributed by atoms with E-state index in [1.165, 1.54) is 24.3 Å². The minimum atomic E-state index is -0.671. The minimum Gasteiger partial charge on any atom is -0.494 e. The molecule has 0 saturated carbocycles. The molecule has 0 saturated heterocycles. The Morgan fingerprint density at radius 1 is 0.545 bits per heavy atom. The van der Waals surface area contributed by atoms with E-state index in [0.717, 1.165) is 49.5 Å². The second-order valence-corrected chi connectivity index (χ2v) is 11.9. The van der Waals surface area contributed by atoms with Gasteiger partial charge in [0, 0.05) is 24.3 Å². The van der Waals surface area contributed by atoms with Crippen molar-refractivity contribution >= 4 is 46.1 Å². The first kappa shape index (κ1) is 41.3. The highest BCUT2D eigenvalue weighted by molar-refractivity contribution is 5.81. The van der Waals surface area contributed by atoms with Gasteiger partial charge in [0.1, 0.15) is 11.4 Å². The van der Waals surface area contributed by atoms with Gasteiger partial charge in [-0.3, -0.25) is 0 Å². The molecule has 55 heavy (non-hydrogen) atoms. The third kappa shape index (κ3) is 14.8. The highest BCUT2D eigenvalue weighted by Gasteiger charge is 2.08. The number of esters is 2. The van der Waals surface area contributed by atoms with Gasteiger partial charge < -0.3 is 18.9 Å². The predicted octanol–water partition coefficient (Wildman–Crippen LogP) is 12.1. The molecular weight excluding hydrogens is 710 g/mol. The van der Waals surface area contributed by atoms with Crippen LogP contribution in [0, 0.1) is 18.6 Å². The van der Waals surface area contributed by atoms with Crippen LogP contribution < -0.4 is 9.47 Å². The fraction of sp³-hybridized carbons (Fsp3) is 0.268. The van der Waals surface area contributed by atoms with Gasteiger partial charge in [0.15, 0.2) is 17.4 Å². The molecular formula is C41H42F2N6O6. The summed E-state index contributed by atoms with van der Waals surface area (Å²) in [6, 6.07) is 20.8. The molecule has 0 fully saturated rings. The van der Waals surface area contributed by atoms with Gasteiger partial charge >= 0.3 is 11.9 Å². The van der Waals surface area contributed by atoms with E-state index in [1.54, 1.807) is 42.5 Å². The third-order valence-corrected chi connectivity index (χ3v) is 7.62. The molecule has 4 rings (SSSR count). The van der Waals surface area contributed by atoms with Gasteiger partial charge in [0.05, 0.1) is 54.9 Å². The number of hydrogen-bond acceptors (Lipinski definition) is 12. The summed E-state index contributed by atoms with van der Waals surface area (Å²) in [4.78, 5) is 22.1. The lowest BCUT2D eigenvalue weighted by Crippen LogP contribution is -2.04. The van der Waals surface area contributed by atoms with Gasteiger partial charge in [0.25, 0.3) is 0 Å². The molecule has 0 amide bonds. The zero-order valence-corrected chi connectivity index (χ0v) is 30.5. The average Bonchev–Trinajstić information content (AvgIpc) is 3.19. The molecule has 0 heterocycles. The Kier molecular flexibility index (Phi) is 17.0. The van der Waals surface area contributed by atoms with Crippen molar-refractivity contribution in [2.75, 3.05) is 26.4 Å². The van der Waals surface area contributed by atoms with Crippen LogP contribution in [0.5, 0.6) is 11.5 Å². The van der Waals surface area contributed by atoms with Crippen molar-refractivity contribution in [3.8, 4) is 11.5 Å². The average molecular weight is 753 g/mol. The van der Waals surface area contributed by atoms with Gasteiger partial charge in [-0.15, -0.1) is 5.11 Å². The summed E-state index contributed by atoms with van der Waals surface area (Å²) in [7, 11) is 0. The topological polar surface area (TPSA) is 145 Å². The van der Waals surface area contributed by atoms with Gasteiger partial charge in [-0.05, 0) is 118 Å². The van der Waals surface area contributed by atoms with Crippen LogP contribution >= 0.6 is 0 Å². The monoisotopic (exact) mass is 752 g/mol. The standard InChI is InChI=1S/C41H42F2N6O6/c1-4-40(50)54-24-9-7-6-8-23-53-39-21-16-33(28-36(39)43)47-49-38-20-15-32(27-35(38)42)46-48-37-19-14-31(26-29(37)3)45-44-30-12-17-34(18-13-30)52-22-10-11-25-55-41(51)5-2/h4-5,12-21,26-28H,1-2,6-11,22-25H2,3H3. The summed E-state index contributed by atoms with van der Waals surface area (Å²) < 4.78 is 50.5. The fourth-order valence-electron chi connectivity index (χ4n) is 4.67. The van der Waals surface area contributed by atoms with E-state index in [1.807, 2.05) is 13.0 Å². The van der Waals surface area contributed by atoms with Crippen LogP contribution in [0.3, 0.4) is 0 Å². The van der Waals surface area contributed by atoms with E-state index < -0.39 is 23.6 Å². The summed E-state index contributed by atoms with van der Waals surface area (Å²) in [5.41, 5.74) is 3.04. The number of carbonyl (C=O) groups is 2.